The van der Waals surface area contributed by atoms with E-state index in [4.69, 9.17) is 4.74 Å². The molecule has 4 nitrogen and oxygen atoms in total. The summed E-state index contributed by atoms with van der Waals surface area (Å²) in [4.78, 5) is 13.2. The van der Waals surface area contributed by atoms with Gasteiger partial charge in [0, 0.05) is 29.7 Å². The summed E-state index contributed by atoms with van der Waals surface area (Å²) in [6.45, 7) is 4.81. The van der Waals surface area contributed by atoms with Gasteiger partial charge in [-0.3, -0.25) is 4.79 Å². The molecule has 1 aliphatic carbocycles. The Hall–Kier alpha value is -3.21. The smallest absolute Gasteiger partial charge is 0.251 e. The highest BCUT2D eigenvalue weighted by Gasteiger charge is 2.30. The molecule has 0 unspecified atom stereocenters. The summed E-state index contributed by atoms with van der Waals surface area (Å²) in [5.41, 5.74) is 9.11. The molecule has 0 radical (unpaired) electrons. The molecule has 0 saturated carbocycles. The number of hydrogen-bond acceptors (Lipinski definition) is 2. The van der Waals surface area contributed by atoms with E-state index in [9.17, 15) is 4.79 Å². The van der Waals surface area contributed by atoms with Crippen molar-refractivity contribution in [3.05, 3.63) is 94.6 Å². The first-order chi connectivity index (χ1) is 17.9. The molecule has 1 saturated heterocycles. The van der Waals surface area contributed by atoms with Crippen molar-refractivity contribution in [1.29, 1.82) is 0 Å². The Balaban J connectivity index is 0.00000336. The highest BCUT2D eigenvalue weighted by molar-refractivity contribution is 6.07. The van der Waals surface area contributed by atoms with E-state index in [0.29, 0.717) is 6.04 Å². The fraction of sp³-hybridized carbons (Fsp3) is 0.382. The molecule has 1 heterocycles. The Kier molecular flexibility index (Phi) is 8.86. The van der Waals surface area contributed by atoms with Crippen LogP contribution in [0.15, 0.2) is 72.3 Å². The first-order valence-corrected chi connectivity index (χ1v) is 13.6. The number of anilines is 1. The number of aryl methyl sites for hydroxylation is 2. The molecular formula is C34H43N2O2+. The number of benzene rings is 3. The second kappa shape index (κ2) is 12.1. The lowest BCUT2D eigenvalue weighted by Crippen LogP contribution is -2.50. The minimum atomic E-state index is -0.000319. The van der Waals surface area contributed by atoms with Gasteiger partial charge in [-0.15, -0.1) is 0 Å². The number of carbonyl (C=O) groups excluding carboxylic acids is 1. The Labute approximate surface area is 228 Å². The first kappa shape index (κ1) is 27.8. The van der Waals surface area contributed by atoms with Crippen LogP contribution in [0.25, 0.3) is 17.2 Å². The number of nitrogens with zero attached hydrogens (tertiary/aromatic N) is 1. The molecule has 1 N–H and O–H groups in total. The molecule has 0 spiro atoms. The maximum Gasteiger partial charge on any atom is 0.251 e. The lowest BCUT2D eigenvalue weighted by molar-refractivity contribution is -0.929. The first-order valence-electron chi connectivity index (χ1n) is 13.6. The van der Waals surface area contributed by atoms with E-state index in [2.05, 4.69) is 87.0 Å². The molecule has 1 aliphatic heterocycles. The quantitative estimate of drug-likeness (QED) is 0.350. The normalized spacial score (nSPS) is 16.0. The van der Waals surface area contributed by atoms with Gasteiger partial charge in [0.2, 0.25) is 0 Å². The van der Waals surface area contributed by atoms with Crippen molar-refractivity contribution in [1.82, 2.24) is 0 Å². The molecule has 3 aromatic carbocycles. The average Bonchev–Trinajstić information content (AvgIpc) is 3.13. The zero-order chi connectivity index (χ0) is 25.8. The van der Waals surface area contributed by atoms with Crippen LogP contribution in [0.2, 0.25) is 0 Å². The summed E-state index contributed by atoms with van der Waals surface area (Å²) < 4.78 is 6.51. The second-order valence-electron chi connectivity index (χ2n) is 11.2. The summed E-state index contributed by atoms with van der Waals surface area (Å²) in [6, 6.07) is 24.3. The summed E-state index contributed by atoms with van der Waals surface area (Å²) in [7, 11) is 4.62. The number of rotatable bonds is 6. The second-order valence-corrected chi connectivity index (χ2v) is 11.2. The number of hydrogen-bond donors (Lipinski definition) is 1. The molecule has 0 atom stereocenters. The minimum Gasteiger partial charge on any atom is -0.381 e. The Morgan fingerprint density at radius 1 is 0.921 bits per heavy atom. The van der Waals surface area contributed by atoms with Gasteiger partial charge in [0.1, 0.15) is 6.54 Å². The molecule has 1 amide bonds. The summed E-state index contributed by atoms with van der Waals surface area (Å²) in [5.74, 6) is -0.000319. The van der Waals surface area contributed by atoms with Crippen LogP contribution in [0.5, 0.6) is 0 Å². The topological polar surface area (TPSA) is 38.3 Å². The van der Waals surface area contributed by atoms with Crippen molar-refractivity contribution >= 4 is 17.7 Å². The van der Waals surface area contributed by atoms with Crippen LogP contribution in [0.3, 0.4) is 0 Å². The van der Waals surface area contributed by atoms with Crippen molar-refractivity contribution in [2.24, 2.45) is 0 Å². The molecular weight excluding hydrogens is 468 g/mol. The fourth-order valence-corrected chi connectivity index (χ4v) is 5.68. The van der Waals surface area contributed by atoms with Crippen LogP contribution >= 0.6 is 0 Å². The van der Waals surface area contributed by atoms with E-state index in [-0.39, 0.29) is 13.3 Å². The third-order valence-corrected chi connectivity index (χ3v) is 8.03. The Bertz CT molecular complexity index is 1270. The van der Waals surface area contributed by atoms with Gasteiger partial charge in [-0.25, -0.2) is 0 Å². The largest absolute Gasteiger partial charge is 0.381 e. The van der Waals surface area contributed by atoms with Crippen LogP contribution in [-0.4, -0.2) is 43.7 Å². The number of amides is 1. The maximum absolute atomic E-state index is 13.2. The Morgan fingerprint density at radius 2 is 1.61 bits per heavy atom. The molecule has 5 rings (SSSR count). The molecule has 0 bridgehead atoms. The van der Waals surface area contributed by atoms with Crippen LogP contribution < -0.4 is 5.32 Å². The standard InChI is InChI=1S/C33H38N2O2.CH4/c1-24-7-11-27(12-8-24)28-14-13-26-5-4-6-29(22-30(26)21-28)33(36)34-31-15-9-25(10-16-31)23-35(2,3)32-17-19-37-20-18-32;/h7-16,21-22,32H,4-6,17-20,23H2,1-3H3;1H4/p+1. The van der Waals surface area contributed by atoms with Crippen molar-refractivity contribution < 1.29 is 14.0 Å². The van der Waals surface area contributed by atoms with Gasteiger partial charge in [-0.1, -0.05) is 61.5 Å². The SMILES string of the molecule is C.Cc1ccc(-c2ccc3c(c2)C=C(C(=O)Nc2ccc(C[N+](C)(C)C4CCOCC4)cc2)CCC3)cc1. The van der Waals surface area contributed by atoms with Crippen LogP contribution in [0.4, 0.5) is 5.69 Å². The van der Waals surface area contributed by atoms with Gasteiger partial charge in [0.25, 0.3) is 5.91 Å². The number of nitrogens with one attached hydrogen (secondary N) is 1. The lowest BCUT2D eigenvalue weighted by Gasteiger charge is -2.40. The third kappa shape index (κ3) is 6.61. The summed E-state index contributed by atoms with van der Waals surface area (Å²) in [6.07, 6.45) is 7.09. The van der Waals surface area contributed by atoms with E-state index < -0.39 is 0 Å². The molecule has 0 aromatic heterocycles. The van der Waals surface area contributed by atoms with Gasteiger partial charge in [-0.05, 0) is 72.7 Å². The molecule has 200 valence electrons. The average molecular weight is 512 g/mol. The van der Waals surface area contributed by atoms with Crippen molar-refractivity contribution in [2.45, 2.75) is 59.0 Å². The number of quaternary nitrogens is 1. The van der Waals surface area contributed by atoms with Crippen LogP contribution in [0, 0.1) is 6.92 Å². The van der Waals surface area contributed by atoms with Crippen LogP contribution in [0.1, 0.15) is 55.4 Å². The van der Waals surface area contributed by atoms with E-state index >= 15 is 0 Å². The fourth-order valence-electron chi connectivity index (χ4n) is 5.68. The highest BCUT2D eigenvalue weighted by Crippen LogP contribution is 2.29. The van der Waals surface area contributed by atoms with Gasteiger partial charge in [-0.2, -0.15) is 0 Å². The zero-order valence-corrected chi connectivity index (χ0v) is 22.4. The molecule has 4 heteroatoms. The summed E-state index contributed by atoms with van der Waals surface area (Å²) in [5, 5.41) is 3.15. The van der Waals surface area contributed by atoms with Gasteiger partial charge in [0.15, 0.2) is 0 Å². The predicted octanol–water partition coefficient (Wildman–Crippen LogP) is 7.41. The lowest BCUT2D eigenvalue weighted by atomic mass is 9.97. The van der Waals surface area contributed by atoms with Crippen LogP contribution in [-0.2, 0) is 22.5 Å². The summed E-state index contributed by atoms with van der Waals surface area (Å²) >= 11 is 0. The van der Waals surface area contributed by atoms with Crippen molar-refractivity contribution in [3.63, 3.8) is 0 Å². The molecule has 3 aromatic rings. The van der Waals surface area contributed by atoms with Crippen molar-refractivity contribution in [2.75, 3.05) is 32.6 Å². The predicted molar refractivity (Wildman–Crippen MR) is 159 cm³/mol. The van der Waals surface area contributed by atoms with Crippen molar-refractivity contribution in [3.8, 4) is 11.1 Å². The Morgan fingerprint density at radius 3 is 2.32 bits per heavy atom. The number of ether oxygens (including phenoxy) is 1. The van der Waals surface area contributed by atoms with Gasteiger partial charge in [0.05, 0.1) is 33.4 Å². The molecule has 1 fully saturated rings. The van der Waals surface area contributed by atoms with E-state index in [1.807, 2.05) is 12.1 Å². The maximum atomic E-state index is 13.2. The highest BCUT2D eigenvalue weighted by atomic mass is 16.5. The van der Waals surface area contributed by atoms with E-state index in [0.717, 1.165) is 73.2 Å². The zero-order valence-electron chi connectivity index (χ0n) is 22.4. The monoisotopic (exact) mass is 511 g/mol. The molecule has 38 heavy (non-hydrogen) atoms. The minimum absolute atomic E-state index is 0. The molecule has 2 aliphatic rings. The number of fused-ring (bicyclic) bond motifs is 1. The van der Waals surface area contributed by atoms with E-state index in [1.165, 1.54) is 27.8 Å². The van der Waals surface area contributed by atoms with Gasteiger partial charge < -0.3 is 14.5 Å². The van der Waals surface area contributed by atoms with E-state index in [1.54, 1.807) is 0 Å². The van der Waals surface area contributed by atoms with Gasteiger partial charge >= 0.3 is 0 Å². The number of carbonyl (C=O) groups is 1. The third-order valence-electron chi connectivity index (χ3n) is 8.03.